The molecular formula is C39H64N8O14P2SSi2. The summed E-state index contributed by atoms with van der Waals surface area (Å²) in [7, 11) is -10.6. The van der Waals surface area contributed by atoms with Crippen molar-refractivity contribution < 1.29 is 60.3 Å². The zero-order valence-electron chi connectivity index (χ0n) is 38.9. The predicted octanol–water partition coefficient (Wildman–Crippen LogP) is 5.49. The number of aromatic amines is 1. The van der Waals surface area contributed by atoms with Crippen LogP contribution in [0.3, 0.4) is 0 Å². The topological polar surface area (TPSA) is 294 Å². The van der Waals surface area contributed by atoms with Gasteiger partial charge in [-0.25, -0.2) is 15.0 Å². The van der Waals surface area contributed by atoms with E-state index in [0.29, 0.717) is 5.88 Å². The molecule has 1 aliphatic carbocycles. The first-order chi connectivity index (χ1) is 31.1. The van der Waals surface area contributed by atoms with Gasteiger partial charge >= 0.3 is 32.1 Å². The van der Waals surface area contributed by atoms with Gasteiger partial charge in [-0.3, -0.25) is 33.5 Å². The molecule has 368 valence electrons. The molecule has 5 rings (SSSR count). The van der Waals surface area contributed by atoms with Gasteiger partial charge in [0.1, 0.15) is 30.7 Å². The van der Waals surface area contributed by atoms with Crippen molar-refractivity contribution in [3.63, 3.8) is 0 Å². The monoisotopic (exact) mass is 1020 g/mol. The molecule has 2 unspecified atom stereocenters. The molecule has 1 saturated heterocycles. The number of nitrogens with one attached hydrogen (secondary N) is 2. The van der Waals surface area contributed by atoms with Crippen molar-refractivity contribution in [3.05, 3.63) is 35.3 Å². The molecule has 22 nitrogen and oxygen atoms in total. The molecule has 2 fully saturated rings. The molecule has 0 aromatic carbocycles. The van der Waals surface area contributed by atoms with E-state index in [9.17, 15) is 34.2 Å². The predicted molar refractivity (Wildman–Crippen MR) is 249 cm³/mol. The number of anilines is 1. The number of hydrogen-bond donors (Lipinski definition) is 5. The van der Waals surface area contributed by atoms with Crippen LogP contribution in [0, 0.1) is 23.2 Å². The van der Waals surface area contributed by atoms with Crippen LogP contribution in [0.4, 0.5) is 5.95 Å². The summed E-state index contributed by atoms with van der Waals surface area (Å²) in [6, 6.07) is 3.60. The van der Waals surface area contributed by atoms with Gasteiger partial charge in [0.2, 0.25) is 17.7 Å². The average molecular weight is 1020 g/mol. The number of rotatable bonds is 24. The Morgan fingerprint density at radius 3 is 2.36 bits per heavy atom. The van der Waals surface area contributed by atoms with E-state index in [0.717, 1.165) is 0 Å². The number of H-pyrrole nitrogens is 1. The minimum atomic E-state index is -4.06. The Hall–Kier alpha value is -2.90. The number of aliphatic hydroxyl groups excluding tert-OH is 1. The van der Waals surface area contributed by atoms with Crippen LogP contribution < -0.4 is 15.6 Å². The lowest BCUT2D eigenvalue weighted by atomic mass is 10.1. The van der Waals surface area contributed by atoms with Gasteiger partial charge in [0.15, 0.2) is 17.4 Å². The van der Waals surface area contributed by atoms with Crippen LogP contribution in [-0.4, -0.2) is 118 Å². The molecular weight excluding hydrogens is 955 g/mol. The molecule has 0 radical (unpaired) electrons. The van der Waals surface area contributed by atoms with Gasteiger partial charge in [-0.15, -0.1) is 0 Å². The van der Waals surface area contributed by atoms with Crippen LogP contribution >= 0.6 is 15.0 Å². The number of carbonyl (C=O) groups is 1. The number of fused-ring (bicyclic) bond motifs is 1. The molecule has 1 aliphatic heterocycles. The van der Waals surface area contributed by atoms with Crippen molar-refractivity contribution in [2.45, 2.75) is 147 Å². The molecule has 5 N–H and O–H groups in total. The molecule has 9 atom stereocenters. The lowest BCUT2D eigenvalue weighted by Gasteiger charge is -2.47. The Kier molecular flexibility index (Phi) is 18.9. The van der Waals surface area contributed by atoms with E-state index in [1.54, 1.807) is 19.9 Å². The quantitative estimate of drug-likeness (QED) is 0.0421. The highest BCUT2D eigenvalue weighted by Crippen LogP contribution is 2.56. The van der Waals surface area contributed by atoms with Crippen molar-refractivity contribution in [2.75, 3.05) is 25.1 Å². The Morgan fingerprint density at radius 1 is 1.09 bits per heavy atom. The van der Waals surface area contributed by atoms with Crippen molar-refractivity contribution in [1.29, 1.82) is 5.26 Å². The van der Waals surface area contributed by atoms with Gasteiger partial charge in [-0.2, -0.15) is 10.2 Å². The molecule has 2 aliphatic rings. The van der Waals surface area contributed by atoms with E-state index in [4.69, 9.17) is 47.9 Å². The molecule has 27 heteroatoms. The number of amides is 1. The molecule has 1 saturated carbocycles. The third-order valence-corrected chi connectivity index (χ3v) is 24.3. The first-order valence-electron chi connectivity index (χ1n) is 22.0. The fourth-order valence-corrected chi connectivity index (χ4v) is 20.7. The van der Waals surface area contributed by atoms with E-state index in [2.05, 4.69) is 30.2 Å². The normalized spacial score (nSPS) is 24.2. The van der Waals surface area contributed by atoms with E-state index < -0.39 is 98.8 Å². The van der Waals surface area contributed by atoms with Gasteiger partial charge in [0.25, 0.3) is 5.56 Å². The summed E-state index contributed by atoms with van der Waals surface area (Å²) in [6.45, 7) is 13.7. The highest BCUT2D eigenvalue weighted by atomic mass is 32.5. The minimum Gasteiger partial charge on any atom is -0.474 e. The van der Waals surface area contributed by atoms with Crippen molar-refractivity contribution in [3.8, 4) is 11.9 Å². The Bertz CT molecular complexity index is 2260. The molecule has 3 aromatic heterocycles. The van der Waals surface area contributed by atoms with Crippen LogP contribution in [0.2, 0.25) is 22.2 Å². The number of imidazole rings is 1. The summed E-state index contributed by atoms with van der Waals surface area (Å²) in [5.74, 6) is -1.30. The van der Waals surface area contributed by atoms with Gasteiger partial charge in [-0.05, 0) is 40.4 Å². The van der Waals surface area contributed by atoms with Crippen LogP contribution in [0.5, 0.6) is 5.88 Å². The molecule has 1 amide bonds. The first-order valence-corrected chi connectivity index (χ1v) is 29.8. The number of ether oxygens (including phenoxy) is 2. The third-order valence-electron chi connectivity index (χ3n) is 11.7. The molecule has 0 spiro atoms. The van der Waals surface area contributed by atoms with Crippen LogP contribution in [0.25, 0.3) is 11.2 Å². The first kappa shape index (κ1) is 54.1. The van der Waals surface area contributed by atoms with Gasteiger partial charge in [0.05, 0.1) is 44.7 Å². The molecule has 66 heavy (non-hydrogen) atoms. The maximum atomic E-state index is 13.4. The average Bonchev–Trinajstić information content (AvgIpc) is 3.94. The second-order valence-electron chi connectivity index (χ2n) is 17.9. The van der Waals surface area contributed by atoms with Crippen molar-refractivity contribution >= 4 is 66.9 Å². The second kappa shape index (κ2) is 23.1. The van der Waals surface area contributed by atoms with E-state index in [-0.39, 0.29) is 71.8 Å². The Labute approximate surface area is 392 Å². The minimum absolute atomic E-state index is 0.0258. The summed E-state index contributed by atoms with van der Waals surface area (Å²) in [5.41, 5.74) is -1.84. The number of aromatic nitrogens is 6. The lowest BCUT2D eigenvalue weighted by molar-refractivity contribution is -0.118. The number of nitrogens with zero attached hydrogens (tertiary/aromatic N) is 6. The van der Waals surface area contributed by atoms with Gasteiger partial charge in [0, 0.05) is 30.5 Å². The third kappa shape index (κ3) is 12.6. The summed E-state index contributed by atoms with van der Waals surface area (Å²) in [4.78, 5) is 67.8. The van der Waals surface area contributed by atoms with E-state index >= 15 is 0 Å². The molecule has 4 heterocycles. The van der Waals surface area contributed by atoms with Crippen molar-refractivity contribution in [1.82, 2.24) is 29.5 Å². The summed E-state index contributed by atoms with van der Waals surface area (Å²) < 4.78 is 65.4. The van der Waals surface area contributed by atoms with E-state index in [1.807, 2.05) is 61.5 Å². The number of hydrogen-bond acceptors (Lipinski definition) is 19. The largest absolute Gasteiger partial charge is 0.474 e. The van der Waals surface area contributed by atoms with Gasteiger partial charge < -0.3 is 46.4 Å². The Morgan fingerprint density at radius 2 is 1.79 bits per heavy atom. The van der Waals surface area contributed by atoms with Gasteiger partial charge in [-0.1, -0.05) is 69.2 Å². The SMILES string of the molecule is CC(C)C(=O)Nc1nc2c(ncn2[C@@H]2O[C@H](CO)[C@@H](O[Si](O[Si](O)(C(C)C)C(C)C)(C(C)C)C(C)C)[C@H]2OP(=S)(OCCC#N)OC[C@H]2C[C@@H](Oc3ccncn3)C[C@@H]2O[PH](=O)O)c(=O)[nH]1. The maximum absolute atomic E-state index is 13.4. The summed E-state index contributed by atoms with van der Waals surface area (Å²) in [6.07, 6.45) is -1.83. The smallest absolute Gasteiger partial charge is 0.335 e. The standard InChI is InChI=1S/C39H64N8O14P2SSi2/c1-22(2)36(49)45-39-44-35-32(37(50)46-39)43-21-47(35)38-34(33(30(18-48)57-38)60-66(25(7)8,26(9)10)61-65(53,23(3)4)24(5)6)59-63(64,54-15-11-13-40)55-19-27-16-28(17-29(27)58-62(51)52)56-31-12-14-41-20-42-31/h12,14,20-30,33-34,38,48,53,62H,11,15-19H2,1-10H3,(H,51,52)(H2,44,45,46,49,50)/t27-,28-,29+,30-,33-,34-,38-,63?/m1/s1. The Balaban J connectivity index is 1.62. The lowest BCUT2D eigenvalue weighted by Crippen LogP contribution is -2.62. The fourth-order valence-electron chi connectivity index (χ4n) is 8.07. The zero-order valence-corrected chi connectivity index (χ0v) is 43.6. The number of aliphatic hydroxyl groups is 1. The highest BCUT2D eigenvalue weighted by Gasteiger charge is 2.60. The second-order valence-corrected chi connectivity index (χ2v) is 30.3. The fraction of sp³-hybridized carbons (Fsp3) is 0.718. The number of nitriles is 1. The maximum Gasteiger partial charge on any atom is 0.335 e. The van der Waals surface area contributed by atoms with Crippen LogP contribution in [0.15, 0.2) is 29.7 Å². The molecule has 0 bridgehead atoms. The zero-order chi connectivity index (χ0) is 48.7. The van der Waals surface area contributed by atoms with Crippen molar-refractivity contribution in [2.24, 2.45) is 11.8 Å². The summed E-state index contributed by atoms with van der Waals surface area (Å²) >= 11 is 6.14. The molecule has 3 aromatic rings. The van der Waals surface area contributed by atoms with Crippen LogP contribution in [-0.2, 0) is 52.5 Å². The summed E-state index contributed by atoms with van der Waals surface area (Å²) in [5, 5.41) is 23.2. The van der Waals surface area contributed by atoms with Crippen LogP contribution in [0.1, 0.15) is 94.7 Å². The van der Waals surface area contributed by atoms with E-state index in [1.165, 1.54) is 23.4 Å². The number of carbonyl (C=O) groups excluding carboxylic acids is 1. The highest BCUT2D eigenvalue weighted by molar-refractivity contribution is 8.07.